The van der Waals surface area contributed by atoms with Crippen LogP contribution in [0.4, 0.5) is 5.82 Å². The summed E-state index contributed by atoms with van der Waals surface area (Å²) < 4.78 is 0. The van der Waals surface area contributed by atoms with Crippen LogP contribution in [-0.4, -0.2) is 39.9 Å². The smallest absolute Gasteiger partial charge is 0.274 e. The van der Waals surface area contributed by atoms with Crippen LogP contribution in [0.1, 0.15) is 63.9 Å². The Bertz CT molecular complexity index is 417. The van der Waals surface area contributed by atoms with E-state index in [9.17, 15) is 4.79 Å². The number of aromatic nitrogens is 2. The fourth-order valence-electron chi connectivity index (χ4n) is 2.06. The second-order valence-electron chi connectivity index (χ2n) is 5.51. The van der Waals surface area contributed by atoms with Gasteiger partial charge in [-0.05, 0) is 26.7 Å². The van der Waals surface area contributed by atoms with Crippen molar-refractivity contribution in [2.45, 2.75) is 59.4 Å². The second-order valence-corrected chi connectivity index (χ2v) is 5.51. The van der Waals surface area contributed by atoms with Gasteiger partial charge in [-0.1, -0.05) is 26.7 Å². The molecule has 1 amide bonds. The van der Waals surface area contributed by atoms with Gasteiger partial charge in [0.2, 0.25) is 0 Å². The molecule has 0 atom stereocenters. The van der Waals surface area contributed by atoms with E-state index in [4.69, 9.17) is 0 Å². The summed E-state index contributed by atoms with van der Waals surface area (Å²) in [6, 6.07) is 0.175. The van der Waals surface area contributed by atoms with E-state index in [1.54, 1.807) is 12.4 Å². The van der Waals surface area contributed by atoms with Crippen LogP contribution in [0.2, 0.25) is 0 Å². The molecule has 5 nitrogen and oxygen atoms in total. The van der Waals surface area contributed by atoms with Crippen molar-refractivity contribution in [2.75, 3.05) is 18.4 Å². The molecule has 0 aliphatic carbocycles. The monoisotopic (exact) mass is 292 g/mol. The number of carbonyl (C=O) groups is 1. The number of hydrogen-bond donors (Lipinski definition) is 1. The molecule has 0 saturated heterocycles. The van der Waals surface area contributed by atoms with Crippen molar-refractivity contribution in [1.29, 1.82) is 0 Å². The highest BCUT2D eigenvalue weighted by Gasteiger charge is 2.19. The van der Waals surface area contributed by atoms with Gasteiger partial charge in [0.15, 0.2) is 0 Å². The van der Waals surface area contributed by atoms with E-state index in [1.807, 2.05) is 18.7 Å². The Hall–Kier alpha value is -1.65. The van der Waals surface area contributed by atoms with Crippen LogP contribution in [0, 0.1) is 0 Å². The molecular weight excluding hydrogens is 264 g/mol. The molecule has 1 N–H and O–H groups in total. The first-order valence-electron chi connectivity index (χ1n) is 7.97. The molecule has 1 aromatic rings. The quantitative estimate of drug-likeness (QED) is 0.709. The first kappa shape index (κ1) is 17.4. The van der Waals surface area contributed by atoms with Gasteiger partial charge in [-0.15, -0.1) is 0 Å². The lowest BCUT2D eigenvalue weighted by atomic mass is 10.2. The lowest BCUT2D eigenvalue weighted by Gasteiger charge is -2.26. The first-order valence-corrected chi connectivity index (χ1v) is 7.97. The van der Waals surface area contributed by atoms with Crippen LogP contribution in [0.15, 0.2) is 12.4 Å². The van der Waals surface area contributed by atoms with Crippen LogP contribution in [0.3, 0.4) is 0 Å². The molecule has 0 aromatic carbocycles. The van der Waals surface area contributed by atoms with E-state index in [1.165, 1.54) is 0 Å². The van der Waals surface area contributed by atoms with Crippen molar-refractivity contribution in [1.82, 2.24) is 14.9 Å². The van der Waals surface area contributed by atoms with Crippen LogP contribution in [0.25, 0.3) is 0 Å². The number of rotatable bonds is 9. The van der Waals surface area contributed by atoms with Gasteiger partial charge in [0, 0.05) is 19.1 Å². The van der Waals surface area contributed by atoms with E-state index < -0.39 is 0 Å². The molecule has 118 valence electrons. The van der Waals surface area contributed by atoms with Gasteiger partial charge in [0.1, 0.15) is 11.5 Å². The summed E-state index contributed by atoms with van der Waals surface area (Å²) >= 11 is 0. The summed E-state index contributed by atoms with van der Waals surface area (Å²) in [6.45, 7) is 9.96. The lowest BCUT2D eigenvalue weighted by Crippen LogP contribution is -2.38. The number of unbranched alkanes of at least 4 members (excludes halogenated alkanes) is 2. The van der Waals surface area contributed by atoms with Crippen LogP contribution in [0.5, 0.6) is 0 Å². The first-order chi connectivity index (χ1) is 10.1. The summed E-state index contributed by atoms with van der Waals surface area (Å²) in [7, 11) is 0. The Labute approximate surface area is 128 Å². The maximum atomic E-state index is 12.5. The van der Waals surface area contributed by atoms with Gasteiger partial charge < -0.3 is 10.2 Å². The number of carbonyl (C=O) groups excluding carboxylic acids is 1. The summed E-state index contributed by atoms with van der Waals surface area (Å²) in [5, 5.41) is 3.16. The van der Waals surface area contributed by atoms with Crippen molar-refractivity contribution in [3.63, 3.8) is 0 Å². The molecule has 0 aliphatic heterocycles. The molecule has 0 bridgehead atoms. The highest BCUT2D eigenvalue weighted by Crippen LogP contribution is 2.10. The summed E-state index contributed by atoms with van der Waals surface area (Å²) in [5.41, 5.74) is 0.419. The molecule has 0 unspecified atom stereocenters. The Morgan fingerprint density at radius 1 is 1.19 bits per heavy atom. The molecular formula is C16H28N4O. The second kappa shape index (κ2) is 9.32. The third-order valence-electron chi connectivity index (χ3n) is 3.31. The maximum Gasteiger partial charge on any atom is 0.274 e. The van der Waals surface area contributed by atoms with Gasteiger partial charge in [-0.25, -0.2) is 9.97 Å². The number of nitrogens with one attached hydrogen (secondary N) is 1. The molecule has 0 fully saturated rings. The summed E-state index contributed by atoms with van der Waals surface area (Å²) in [4.78, 5) is 22.9. The maximum absolute atomic E-state index is 12.5. The number of nitrogens with zero attached hydrogens (tertiary/aromatic N) is 3. The zero-order valence-electron chi connectivity index (χ0n) is 13.7. The average molecular weight is 292 g/mol. The molecule has 0 saturated carbocycles. The minimum atomic E-state index is -0.0318. The molecule has 1 heterocycles. The standard InChI is InChI=1S/C16H28N4O/c1-5-7-8-10-20(13(3)4)16(21)14-11-19-15(12-18-14)17-9-6-2/h11-13H,5-10H2,1-4H3,(H,17,19). The predicted octanol–water partition coefficient (Wildman–Crippen LogP) is 3.34. The zero-order chi connectivity index (χ0) is 15.7. The van der Waals surface area contributed by atoms with E-state index >= 15 is 0 Å². The molecule has 1 rings (SSSR count). The third-order valence-corrected chi connectivity index (χ3v) is 3.31. The molecule has 0 aliphatic rings. The number of anilines is 1. The van der Waals surface area contributed by atoms with Crippen LogP contribution < -0.4 is 5.32 Å². The molecule has 21 heavy (non-hydrogen) atoms. The van der Waals surface area contributed by atoms with Crippen LogP contribution >= 0.6 is 0 Å². The molecule has 0 radical (unpaired) electrons. The van der Waals surface area contributed by atoms with Crippen LogP contribution in [-0.2, 0) is 0 Å². The fourth-order valence-corrected chi connectivity index (χ4v) is 2.06. The molecule has 1 aromatic heterocycles. The van der Waals surface area contributed by atoms with Crippen molar-refractivity contribution in [2.24, 2.45) is 0 Å². The Balaban J connectivity index is 2.69. The highest BCUT2D eigenvalue weighted by molar-refractivity contribution is 5.92. The lowest BCUT2D eigenvalue weighted by molar-refractivity contribution is 0.0696. The van der Waals surface area contributed by atoms with Gasteiger partial charge in [0.05, 0.1) is 12.4 Å². The SMILES string of the molecule is CCCCCN(C(=O)c1cnc(NCCC)cn1)C(C)C. The van der Waals surface area contributed by atoms with Gasteiger partial charge in [-0.3, -0.25) is 4.79 Å². The van der Waals surface area contributed by atoms with Crippen molar-refractivity contribution >= 4 is 11.7 Å². The summed E-state index contributed by atoms with van der Waals surface area (Å²) in [5.74, 6) is 0.686. The minimum absolute atomic E-state index is 0.0318. The highest BCUT2D eigenvalue weighted by atomic mass is 16.2. The minimum Gasteiger partial charge on any atom is -0.369 e. The van der Waals surface area contributed by atoms with E-state index in [0.29, 0.717) is 5.69 Å². The van der Waals surface area contributed by atoms with Gasteiger partial charge >= 0.3 is 0 Å². The van der Waals surface area contributed by atoms with Crippen molar-refractivity contribution in [3.05, 3.63) is 18.1 Å². The topological polar surface area (TPSA) is 58.1 Å². The van der Waals surface area contributed by atoms with E-state index in [-0.39, 0.29) is 11.9 Å². The van der Waals surface area contributed by atoms with Crippen molar-refractivity contribution in [3.8, 4) is 0 Å². The average Bonchev–Trinajstić information content (AvgIpc) is 2.49. The van der Waals surface area contributed by atoms with E-state index in [2.05, 4.69) is 29.1 Å². The molecule has 0 spiro atoms. The van der Waals surface area contributed by atoms with Crippen molar-refractivity contribution < 1.29 is 4.79 Å². The number of amides is 1. The van der Waals surface area contributed by atoms with Gasteiger partial charge in [-0.2, -0.15) is 0 Å². The third kappa shape index (κ3) is 5.69. The predicted molar refractivity (Wildman–Crippen MR) is 86.5 cm³/mol. The number of hydrogen-bond acceptors (Lipinski definition) is 4. The largest absolute Gasteiger partial charge is 0.369 e. The molecule has 5 heteroatoms. The Morgan fingerprint density at radius 2 is 1.95 bits per heavy atom. The Kier molecular flexibility index (Phi) is 7.72. The summed E-state index contributed by atoms with van der Waals surface area (Å²) in [6.07, 6.45) is 7.55. The van der Waals surface area contributed by atoms with E-state index in [0.717, 1.165) is 44.6 Å². The van der Waals surface area contributed by atoms with Gasteiger partial charge in [0.25, 0.3) is 5.91 Å². The Morgan fingerprint density at radius 3 is 2.48 bits per heavy atom. The fraction of sp³-hybridized carbons (Fsp3) is 0.688. The zero-order valence-corrected chi connectivity index (χ0v) is 13.7. The normalized spacial score (nSPS) is 10.7.